The van der Waals surface area contributed by atoms with Gasteiger partial charge in [-0.2, -0.15) is 0 Å². The fourth-order valence-corrected chi connectivity index (χ4v) is 2.34. The highest BCUT2D eigenvalue weighted by Gasteiger charge is 2.18. The summed E-state index contributed by atoms with van der Waals surface area (Å²) in [4.78, 5) is 15.9. The van der Waals surface area contributed by atoms with E-state index < -0.39 is 5.60 Å². The molecular weight excluding hydrogens is 286 g/mol. The minimum Gasteiger partial charge on any atom is -0.444 e. The number of hydrogen-bond donors (Lipinski definition) is 2. The second-order valence-corrected chi connectivity index (χ2v) is 7.22. The van der Waals surface area contributed by atoms with Gasteiger partial charge >= 0.3 is 6.09 Å². The summed E-state index contributed by atoms with van der Waals surface area (Å²) in [5, 5.41) is 8.28. The molecule has 1 heterocycles. The van der Waals surface area contributed by atoms with Crippen molar-refractivity contribution in [2.75, 3.05) is 13.1 Å². The van der Waals surface area contributed by atoms with E-state index in [0.717, 1.165) is 18.8 Å². The first-order valence-electron chi connectivity index (χ1n) is 7.32. The van der Waals surface area contributed by atoms with E-state index >= 15 is 0 Å². The first kappa shape index (κ1) is 17.9. The van der Waals surface area contributed by atoms with Crippen LogP contribution in [0.15, 0.2) is 10.9 Å². The van der Waals surface area contributed by atoms with E-state index in [9.17, 15) is 4.79 Å². The third-order valence-corrected chi connectivity index (χ3v) is 3.68. The molecule has 0 spiro atoms. The zero-order chi connectivity index (χ0) is 15.9. The Morgan fingerprint density at radius 2 is 2.10 bits per heavy atom. The Labute approximate surface area is 131 Å². The van der Waals surface area contributed by atoms with Crippen LogP contribution in [0.5, 0.6) is 0 Å². The standard InChI is InChI=1S/C15H27N3O2S/c1-11(2)12(6-16-8-13-9-21-10-18-13)7-17-14(19)20-15(3,4)5/h9-12,16H,6-8H2,1-5H3,(H,17,19). The summed E-state index contributed by atoms with van der Waals surface area (Å²) < 4.78 is 5.25. The molecule has 21 heavy (non-hydrogen) atoms. The summed E-state index contributed by atoms with van der Waals surface area (Å²) in [6, 6.07) is 0. The molecule has 0 radical (unpaired) electrons. The van der Waals surface area contributed by atoms with Crippen LogP contribution in [0, 0.1) is 11.8 Å². The van der Waals surface area contributed by atoms with Crippen molar-refractivity contribution in [1.29, 1.82) is 0 Å². The van der Waals surface area contributed by atoms with Gasteiger partial charge in [-0.25, -0.2) is 9.78 Å². The molecule has 1 rings (SSSR count). The van der Waals surface area contributed by atoms with Gasteiger partial charge in [0.25, 0.3) is 0 Å². The fraction of sp³-hybridized carbons (Fsp3) is 0.733. The van der Waals surface area contributed by atoms with Crippen LogP contribution in [0.25, 0.3) is 0 Å². The van der Waals surface area contributed by atoms with Gasteiger partial charge in [-0.1, -0.05) is 13.8 Å². The van der Waals surface area contributed by atoms with Crippen molar-refractivity contribution in [3.8, 4) is 0 Å². The van der Waals surface area contributed by atoms with Crippen molar-refractivity contribution in [2.45, 2.75) is 46.8 Å². The molecule has 5 nitrogen and oxygen atoms in total. The molecule has 0 bridgehead atoms. The Bertz CT molecular complexity index is 413. The molecule has 120 valence electrons. The van der Waals surface area contributed by atoms with Crippen LogP contribution in [0.4, 0.5) is 4.79 Å². The fourth-order valence-electron chi connectivity index (χ4n) is 1.78. The third kappa shape index (κ3) is 8.02. The Balaban J connectivity index is 2.31. The van der Waals surface area contributed by atoms with Gasteiger partial charge in [-0.3, -0.25) is 0 Å². The Kier molecular flexibility index (Phi) is 7.11. The van der Waals surface area contributed by atoms with Gasteiger partial charge in [0, 0.05) is 25.0 Å². The number of nitrogens with zero attached hydrogens (tertiary/aromatic N) is 1. The van der Waals surface area contributed by atoms with Gasteiger partial charge in [-0.15, -0.1) is 11.3 Å². The number of nitrogens with one attached hydrogen (secondary N) is 2. The van der Waals surface area contributed by atoms with E-state index in [1.165, 1.54) is 0 Å². The highest BCUT2D eigenvalue weighted by Crippen LogP contribution is 2.11. The van der Waals surface area contributed by atoms with Crippen LogP contribution in [-0.2, 0) is 11.3 Å². The molecule has 1 aromatic heterocycles. The molecule has 0 saturated heterocycles. The maximum absolute atomic E-state index is 11.7. The second-order valence-electron chi connectivity index (χ2n) is 6.50. The first-order chi connectivity index (χ1) is 9.78. The molecule has 0 aromatic carbocycles. The average Bonchev–Trinajstić information content (AvgIpc) is 2.83. The quantitative estimate of drug-likeness (QED) is 0.812. The average molecular weight is 313 g/mol. The van der Waals surface area contributed by atoms with Crippen LogP contribution in [0.2, 0.25) is 0 Å². The maximum Gasteiger partial charge on any atom is 0.407 e. The van der Waals surface area contributed by atoms with Crippen LogP contribution < -0.4 is 10.6 Å². The highest BCUT2D eigenvalue weighted by atomic mass is 32.1. The molecule has 0 fully saturated rings. The minimum atomic E-state index is -0.458. The molecule has 1 aromatic rings. The molecule has 0 aliphatic carbocycles. The van der Waals surface area contributed by atoms with Crippen molar-refractivity contribution in [1.82, 2.24) is 15.6 Å². The number of thiazole rings is 1. The van der Waals surface area contributed by atoms with Crippen LogP contribution in [-0.4, -0.2) is 29.8 Å². The predicted octanol–water partition coefficient (Wildman–Crippen LogP) is 3.03. The molecule has 0 aliphatic rings. The lowest BCUT2D eigenvalue weighted by Gasteiger charge is -2.24. The summed E-state index contributed by atoms with van der Waals surface area (Å²) in [5.74, 6) is 0.832. The smallest absolute Gasteiger partial charge is 0.407 e. The molecule has 0 saturated carbocycles. The van der Waals surface area contributed by atoms with Gasteiger partial charge in [0.1, 0.15) is 5.60 Å². The number of amides is 1. The van der Waals surface area contributed by atoms with Gasteiger partial charge in [0.05, 0.1) is 11.2 Å². The number of rotatable bonds is 7. The van der Waals surface area contributed by atoms with E-state index in [0.29, 0.717) is 18.4 Å². The Morgan fingerprint density at radius 1 is 1.38 bits per heavy atom. The maximum atomic E-state index is 11.7. The molecule has 1 unspecified atom stereocenters. The monoisotopic (exact) mass is 313 g/mol. The number of ether oxygens (including phenoxy) is 1. The van der Waals surface area contributed by atoms with E-state index in [1.54, 1.807) is 11.3 Å². The molecular formula is C15H27N3O2S. The lowest BCUT2D eigenvalue weighted by molar-refractivity contribution is 0.0515. The number of hydrogen-bond acceptors (Lipinski definition) is 5. The normalized spacial score (nSPS) is 13.2. The van der Waals surface area contributed by atoms with Crippen LogP contribution in [0.1, 0.15) is 40.3 Å². The van der Waals surface area contributed by atoms with Gasteiger partial charge in [0.2, 0.25) is 0 Å². The number of carbonyl (C=O) groups excluding carboxylic acids is 1. The molecule has 0 aliphatic heterocycles. The summed E-state index contributed by atoms with van der Waals surface area (Å²) in [6.07, 6.45) is -0.354. The zero-order valence-corrected chi connectivity index (χ0v) is 14.4. The Hall–Kier alpha value is -1.14. The number of carbonyl (C=O) groups is 1. The lowest BCUT2D eigenvalue weighted by Crippen LogP contribution is -2.39. The van der Waals surface area contributed by atoms with Crippen molar-refractivity contribution in [2.24, 2.45) is 11.8 Å². The first-order valence-corrected chi connectivity index (χ1v) is 8.27. The van der Waals surface area contributed by atoms with Crippen molar-refractivity contribution in [3.63, 3.8) is 0 Å². The van der Waals surface area contributed by atoms with Crippen LogP contribution >= 0.6 is 11.3 Å². The molecule has 6 heteroatoms. The number of aromatic nitrogens is 1. The van der Waals surface area contributed by atoms with Crippen molar-refractivity contribution >= 4 is 17.4 Å². The molecule has 1 amide bonds. The highest BCUT2D eigenvalue weighted by molar-refractivity contribution is 7.07. The molecule has 2 N–H and O–H groups in total. The predicted molar refractivity (Wildman–Crippen MR) is 86.4 cm³/mol. The van der Waals surface area contributed by atoms with Crippen molar-refractivity contribution in [3.05, 3.63) is 16.6 Å². The third-order valence-electron chi connectivity index (χ3n) is 3.05. The summed E-state index contributed by atoms with van der Waals surface area (Å²) in [7, 11) is 0. The van der Waals surface area contributed by atoms with E-state index in [-0.39, 0.29) is 6.09 Å². The summed E-state index contributed by atoms with van der Waals surface area (Å²) >= 11 is 1.60. The molecule has 1 atom stereocenters. The van der Waals surface area contributed by atoms with Gasteiger partial charge < -0.3 is 15.4 Å². The minimum absolute atomic E-state index is 0.354. The summed E-state index contributed by atoms with van der Waals surface area (Å²) in [6.45, 7) is 12.1. The largest absolute Gasteiger partial charge is 0.444 e. The van der Waals surface area contributed by atoms with Gasteiger partial charge in [0.15, 0.2) is 0 Å². The Morgan fingerprint density at radius 3 is 2.62 bits per heavy atom. The summed E-state index contributed by atoms with van der Waals surface area (Å²) in [5.41, 5.74) is 2.43. The zero-order valence-electron chi connectivity index (χ0n) is 13.6. The van der Waals surface area contributed by atoms with Crippen LogP contribution in [0.3, 0.4) is 0 Å². The topological polar surface area (TPSA) is 63.2 Å². The number of alkyl carbamates (subject to hydrolysis) is 1. The second kappa shape index (κ2) is 8.34. The van der Waals surface area contributed by atoms with Crippen molar-refractivity contribution < 1.29 is 9.53 Å². The van der Waals surface area contributed by atoms with E-state index in [2.05, 4.69) is 29.5 Å². The van der Waals surface area contributed by atoms with Gasteiger partial charge in [-0.05, 0) is 32.6 Å². The SMILES string of the molecule is CC(C)C(CNCc1cscn1)CNC(=O)OC(C)(C)C. The lowest BCUT2D eigenvalue weighted by atomic mass is 9.96. The van der Waals surface area contributed by atoms with E-state index in [1.807, 2.05) is 31.7 Å². The van der Waals surface area contributed by atoms with E-state index in [4.69, 9.17) is 4.74 Å².